The molecule has 2 aliphatic rings. The Bertz CT molecular complexity index is 497. The second-order valence-corrected chi connectivity index (χ2v) is 6.42. The second kappa shape index (κ2) is 8.36. The van der Waals surface area contributed by atoms with Gasteiger partial charge in [-0.25, -0.2) is 13.2 Å². The molecular formula is C17H24ClF3N2. The lowest BCUT2D eigenvalue weighted by molar-refractivity contribution is 0.0997. The Labute approximate surface area is 141 Å². The Kier molecular flexibility index (Phi) is 6.74. The first-order valence-electron chi connectivity index (χ1n) is 8.26. The molecule has 0 bridgehead atoms. The van der Waals surface area contributed by atoms with E-state index in [1.54, 1.807) is 0 Å². The van der Waals surface area contributed by atoms with Gasteiger partial charge in [0.2, 0.25) is 0 Å². The maximum absolute atomic E-state index is 14.4. The quantitative estimate of drug-likeness (QED) is 0.829. The van der Waals surface area contributed by atoms with E-state index in [9.17, 15) is 13.2 Å². The first kappa shape index (κ1) is 18.6. The van der Waals surface area contributed by atoms with Crippen molar-refractivity contribution >= 4 is 12.4 Å². The second-order valence-electron chi connectivity index (χ2n) is 6.42. The van der Waals surface area contributed by atoms with Crippen LogP contribution in [0, 0.1) is 23.4 Å². The molecule has 130 valence electrons. The summed E-state index contributed by atoms with van der Waals surface area (Å²) in [6, 6.07) is 1.61. The van der Waals surface area contributed by atoms with Gasteiger partial charge < -0.3 is 5.32 Å². The lowest BCUT2D eigenvalue weighted by Gasteiger charge is -2.41. The molecule has 1 saturated carbocycles. The fraction of sp³-hybridized carbons (Fsp3) is 0.647. The summed E-state index contributed by atoms with van der Waals surface area (Å²) in [5, 5.41) is 3.28. The van der Waals surface area contributed by atoms with E-state index in [1.807, 2.05) is 0 Å². The third-order valence-electron chi connectivity index (χ3n) is 4.98. The lowest BCUT2D eigenvalue weighted by Crippen LogP contribution is -2.47. The highest BCUT2D eigenvalue weighted by Gasteiger charge is 2.33. The lowest BCUT2D eigenvalue weighted by atomic mass is 9.80. The van der Waals surface area contributed by atoms with Crippen molar-refractivity contribution in [3.05, 3.63) is 35.1 Å². The number of nitrogens with zero attached hydrogens (tertiary/aromatic N) is 1. The molecule has 1 aliphatic carbocycles. The number of hydrogen-bond donors (Lipinski definition) is 1. The molecule has 1 atom stereocenters. The molecule has 2 nitrogen and oxygen atoms in total. The van der Waals surface area contributed by atoms with Gasteiger partial charge in [0.1, 0.15) is 5.82 Å². The third-order valence-corrected chi connectivity index (χ3v) is 4.98. The largest absolute Gasteiger partial charge is 0.314 e. The van der Waals surface area contributed by atoms with Gasteiger partial charge in [0, 0.05) is 43.9 Å². The van der Waals surface area contributed by atoms with Crippen LogP contribution in [-0.4, -0.2) is 31.1 Å². The summed E-state index contributed by atoms with van der Waals surface area (Å²) in [5.41, 5.74) is 0.200. The molecule has 6 heteroatoms. The van der Waals surface area contributed by atoms with Gasteiger partial charge >= 0.3 is 0 Å². The minimum Gasteiger partial charge on any atom is -0.314 e. The minimum atomic E-state index is -1.08. The molecule has 1 aromatic rings. The van der Waals surface area contributed by atoms with Crippen molar-refractivity contribution < 1.29 is 13.2 Å². The molecule has 23 heavy (non-hydrogen) atoms. The zero-order valence-electron chi connectivity index (χ0n) is 13.2. The molecule has 1 saturated heterocycles. The summed E-state index contributed by atoms with van der Waals surface area (Å²) in [7, 11) is 0. The average molecular weight is 349 g/mol. The van der Waals surface area contributed by atoms with Gasteiger partial charge in [-0.15, -0.1) is 12.4 Å². The van der Waals surface area contributed by atoms with Crippen molar-refractivity contribution in [1.29, 1.82) is 0 Å². The summed E-state index contributed by atoms with van der Waals surface area (Å²) in [6.45, 7) is 3.25. The standard InChI is InChI=1S/C17H23F3N2.ClH/c18-13-10-14(16(20)15(19)11-13)17(12-4-2-1-3-5-12)22-8-6-21-7-9-22;/h10-12,17,21H,1-9H2;1H/t17-;/m1./s1. The summed E-state index contributed by atoms with van der Waals surface area (Å²) in [5.74, 6) is -2.37. The molecule has 0 unspecified atom stereocenters. The molecule has 0 radical (unpaired) electrons. The smallest absolute Gasteiger partial charge is 0.163 e. The van der Waals surface area contributed by atoms with Crippen molar-refractivity contribution in [2.45, 2.75) is 38.1 Å². The fourth-order valence-corrected chi connectivity index (χ4v) is 3.95. The van der Waals surface area contributed by atoms with Crippen molar-refractivity contribution in [2.24, 2.45) is 5.92 Å². The van der Waals surface area contributed by atoms with E-state index in [0.29, 0.717) is 6.07 Å². The molecule has 1 aliphatic heterocycles. The Morgan fingerprint density at radius 1 is 1.00 bits per heavy atom. The highest BCUT2D eigenvalue weighted by atomic mass is 35.5. The molecule has 3 rings (SSSR count). The fourth-order valence-electron chi connectivity index (χ4n) is 3.95. The maximum atomic E-state index is 14.4. The monoisotopic (exact) mass is 348 g/mol. The Balaban J connectivity index is 0.00000192. The van der Waals surface area contributed by atoms with Crippen LogP contribution in [0.3, 0.4) is 0 Å². The van der Waals surface area contributed by atoms with E-state index in [2.05, 4.69) is 10.2 Å². The number of nitrogens with one attached hydrogen (secondary N) is 1. The van der Waals surface area contributed by atoms with Gasteiger partial charge in [-0.3, -0.25) is 4.90 Å². The van der Waals surface area contributed by atoms with Gasteiger partial charge in [0.25, 0.3) is 0 Å². The van der Waals surface area contributed by atoms with Crippen molar-refractivity contribution in [1.82, 2.24) is 10.2 Å². The third kappa shape index (κ3) is 4.20. The molecule has 1 N–H and O–H groups in total. The highest BCUT2D eigenvalue weighted by molar-refractivity contribution is 5.85. The van der Waals surface area contributed by atoms with Crippen LogP contribution < -0.4 is 5.32 Å². The highest BCUT2D eigenvalue weighted by Crippen LogP contribution is 2.40. The number of rotatable bonds is 3. The molecule has 2 fully saturated rings. The van der Waals surface area contributed by atoms with Crippen LogP contribution in [0.4, 0.5) is 13.2 Å². The van der Waals surface area contributed by atoms with Gasteiger partial charge in [-0.1, -0.05) is 19.3 Å². The van der Waals surface area contributed by atoms with Crippen molar-refractivity contribution in [3.8, 4) is 0 Å². The first-order valence-corrected chi connectivity index (χ1v) is 8.26. The maximum Gasteiger partial charge on any atom is 0.163 e. The molecule has 0 aromatic heterocycles. The van der Waals surface area contributed by atoms with Gasteiger partial charge in [0.05, 0.1) is 0 Å². The van der Waals surface area contributed by atoms with Gasteiger partial charge in [0.15, 0.2) is 11.6 Å². The van der Waals surface area contributed by atoms with Crippen LogP contribution in [0.15, 0.2) is 12.1 Å². The van der Waals surface area contributed by atoms with Crippen LogP contribution in [0.25, 0.3) is 0 Å². The molecule has 0 amide bonds. The molecule has 1 aromatic carbocycles. The summed E-state index contributed by atoms with van der Waals surface area (Å²) < 4.78 is 41.7. The van der Waals surface area contributed by atoms with Crippen LogP contribution in [0.5, 0.6) is 0 Å². The van der Waals surface area contributed by atoms with Crippen LogP contribution in [0.2, 0.25) is 0 Å². The zero-order chi connectivity index (χ0) is 15.5. The van der Waals surface area contributed by atoms with E-state index < -0.39 is 17.5 Å². The summed E-state index contributed by atoms with van der Waals surface area (Å²) in [4.78, 5) is 2.20. The van der Waals surface area contributed by atoms with Crippen molar-refractivity contribution in [3.63, 3.8) is 0 Å². The normalized spacial score (nSPS) is 21.7. The van der Waals surface area contributed by atoms with Gasteiger partial charge in [-0.05, 0) is 24.8 Å². The Morgan fingerprint density at radius 2 is 1.65 bits per heavy atom. The Hall–Kier alpha value is -0.780. The van der Waals surface area contributed by atoms with E-state index >= 15 is 0 Å². The average Bonchev–Trinajstić information content (AvgIpc) is 2.54. The first-order chi connectivity index (χ1) is 10.7. The molecule has 1 heterocycles. The summed E-state index contributed by atoms with van der Waals surface area (Å²) >= 11 is 0. The number of halogens is 4. The topological polar surface area (TPSA) is 15.3 Å². The predicted molar refractivity (Wildman–Crippen MR) is 87.3 cm³/mol. The van der Waals surface area contributed by atoms with Crippen LogP contribution in [0.1, 0.15) is 43.7 Å². The Morgan fingerprint density at radius 3 is 2.30 bits per heavy atom. The van der Waals surface area contributed by atoms with Crippen LogP contribution in [-0.2, 0) is 0 Å². The minimum absolute atomic E-state index is 0. The number of benzene rings is 1. The summed E-state index contributed by atoms with van der Waals surface area (Å²) in [6.07, 6.45) is 5.45. The SMILES string of the molecule is Cl.Fc1cc(F)c(F)c([C@@H](C2CCCCC2)N2CCNCC2)c1. The van der Waals surface area contributed by atoms with Gasteiger partial charge in [-0.2, -0.15) is 0 Å². The van der Waals surface area contributed by atoms with E-state index in [1.165, 1.54) is 12.5 Å². The van der Waals surface area contributed by atoms with E-state index in [0.717, 1.165) is 51.9 Å². The molecular weight excluding hydrogens is 325 g/mol. The van der Waals surface area contributed by atoms with E-state index in [-0.39, 0.29) is 29.9 Å². The predicted octanol–water partition coefficient (Wildman–Crippen LogP) is 4.05. The number of hydrogen-bond acceptors (Lipinski definition) is 2. The van der Waals surface area contributed by atoms with E-state index in [4.69, 9.17) is 0 Å². The zero-order valence-corrected chi connectivity index (χ0v) is 14.0. The number of piperazine rings is 1. The molecule has 0 spiro atoms. The van der Waals surface area contributed by atoms with Crippen molar-refractivity contribution in [2.75, 3.05) is 26.2 Å². The van der Waals surface area contributed by atoms with Crippen LogP contribution >= 0.6 is 12.4 Å².